The molecular weight excluding hydrogens is 277 g/mol. The van der Waals surface area contributed by atoms with Crippen LogP contribution in [0.1, 0.15) is 5.56 Å². The molecular formula is C11H9BrFNO2. The third-order valence-electron chi connectivity index (χ3n) is 2.55. The molecule has 0 saturated heterocycles. The lowest BCUT2D eigenvalue weighted by molar-refractivity contribution is 0.283. The number of benzene rings is 1. The van der Waals surface area contributed by atoms with E-state index in [0.717, 1.165) is 0 Å². The first-order chi connectivity index (χ1) is 7.56. The Labute approximate surface area is 99.3 Å². The van der Waals surface area contributed by atoms with Gasteiger partial charge < -0.3 is 9.67 Å². The Kier molecular flexibility index (Phi) is 2.82. The average molecular weight is 286 g/mol. The minimum absolute atomic E-state index is 0.236. The molecule has 0 saturated carbocycles. The van der Waals surface area contributed by atoms with Crippen molar-refractivity contribution in [3.8, 4) is 0 Å². The van der Waals surface area contributed by atoms with Gasteiger partial charge in [-0.25, -0.2) is 4.39 Å². The van der Waals surface area contributed by atoms with Crippen LogP contribution in [-0.4, -0.2) is 9.67 Å². The maximum Gasteiger partial charge on any atom is 0.251 e. The molecule has 0 aliphatic heterocycles. The second-order valence-corrected chi connectivity index (χ2v) is 4.28. The highest BCUT2D eigenvalue weighted by molar-refractivity contribution is 9.10. The fraction of sp³-hybridized carbons (Fsp3) is 0.182. The summed E-state index contributed by atoms with van der Waals surface area (Å²) in [5.74, 6) is -0.433. The zero-order valence-electron chi connectivity index (χ0n) is 8.50. The van der Waals surface area contributed by atoms with E-state index in [1.54, 1.807) is 13.1 Å². The van der Waals surface area contributed by atoms with E-state index in [2.05, 4.69) is 15.9 Å². The summed E-state index contributed by atoms with van der Waals surface area (Å²) in [7, 11) is 1.57. The van der Waals surface area contributed by atoms with Gasteiger partial charge in [-0.2, -0.15) is 0 Å². The van der Waals surface area contributed by atoms with Crippen molar-refractivity contribution in [2.45, 2.75) is 6.61 Å². The molecule has 1 aromatic carbocycles. The van der Waals surface area contributed by atoms with Crippen molar-refractivity contribution < 1.29 is 9.50 Å². The molecule has 2 rings (SSSR count). The number of aryl methyl sites for hydroxylation is 1. The van der Waals surface area contributed by atoms with Crippen molar-refractivity contribution in [1.29, 1.82) is 0 Å². The van der Waals surface area contributed by atoms with Gasteiger partial charge >= 0.3 is 0 Å². The Hall–Kier alpha value is -1.20. The Morgan fingerprint density at radius 2 is 2.19 bits per heavy atom. The van der Waals surface area contributed by atoms with Crippen LogP contribution in [0.5, 0.6) is 0 Å². The number of aromatic nitrogens is 1. The Balaban J connectivity index is 3.05. The molecule has 2 aromatic rings. The maximum atomic E-state index is 13.4. The van der Waals surface area contributed by atoms with Crippen molar-refractivity contribution in [2.24, 2.45) is 7.05 Å². The number of fused-ring (bicyclic) bond motifs is 1. The number of aliphatic hydroxyl groups excluding tert-OH is 1. The predicted octanol–water partition coefficient (Wildman–Crippen LogP) is 1.93. The number of pyridine rings is 1. The van der Waals surface area contributed by atoms with Gasteiger partial charge in [0.2, 0.25) is 0 Å². The van der Waals surface area contributed by atoms with Crippen LogP contribution in [0.15, 0.2) is 27.5 Å². The summed E-state index contributed by atoms with van der Waals surface area (Å²) in [5, 5.41) is 9.82. The van der Waals surface area contributed by atoms with Gasteiger partial charge in [0.1, 0.15) is 5.82 Å². The molecule has 0 amide bonds. The van der Waals surface area contributed by atoms with Crippen molar-refractivity contribution >= 4 is 26.8 Å². The number of rotatable bonds is 1. The van der Waals surface area contributed by atoms with Crippen molar-refractivity contribution in [3.05, 3.63) is 44.4 Å². The van der Waals surface area contributed by atoms with Gasteiger partial charge in [0.15, 0.2) is 0 Å². The van der Waals surface area contributed by atoms with Crippen LogP contribution < -0.4 is 5.56 Å². The van der Waals surface area contributed by atoms with Gasteiger partial charge in [-0.15, -0.1) is 0 Å². The number of hydrogen-bond acceptors (Lipinski definition) is 2. The summed E-state index contributed by atoms with van der Waals surface area (Å²) in [6.45, 7) is -0.245. The van der Waals surface area contributed by atoms with Crippen LogP contribution in [0, 0.1) is 5.82 Å². The lowest BCUT2D eigenvalue weighted by atomic mass is 10.1. The molecule has 1 heterocycles. The first-order valence-corrected chi connectivity index (χ1v) is 5.43. The van der Waals surface area contributed by atoms with Crippen LogP contribution >= 0.6 is 15.9 Å². The topological polar surface area (TPSA) is 42.2 Å². The first-order valence-electron chi connectivity index (χ1n) is 4.63. The van der Waals surface area contributed by atoms with E-state index in [-0.39, 0.29) is 16.6 Å². The lowest BCUT2D eigenvalue weighted by Crippen LogP contribution is -2.17. The lowest BCUT2D eigenvalue weighted by Gasteiger charge is -2.10. The quantitative estimate of drug-likeness (QED) is 0.870. The third kappa shape index (κ3) is 1.56. The summed E-state index contributed by atoms with van der Waals surface area (Å²) in [4.78, 5) is 11.6. The Morgan fingerprint density at radius 1 is 1.50 bits per heavy atom. The summed E-state index contributed by atoms with van der Waals surface area (Å²) >= 11 is 3.11. The highest BCUT2D eigenvalue weighted by Gasteiger charge is 2.11. The average Bonchev–Trinajstić information content (AvgIpc) is 2.27. The largest absolute Gasteiger partial charge is 0.392 e. The normalized spacial score (nSPS) is 11.0. The smallest absolute Gasteiger partial charge is 0.251 e. The summed E-state index contributed by atoms with van der Waals surface area (Å²) < 4.78 is 15.0. The monoisotopic (exact) mass is 285 g/mol. The van der Waals surface area contributed by atoms with Crippen LogP contribution in [0.3, 0.4) is 0 Å². The molecule has 0 aliphatic carbocycles. The summed E-state index contributed by atoms with van der Waals surface area (Å²) in [6.07, 6.45) is 0. The second kappa shape index (κ2) is 3.99. The number of halogens is 2. The van der Waals surface area contributed by atoms with Crippen molar-refractivity contribution in [1.82, 2.24) is 4.57 Å². The molecule has 1 N–H and O–H groups in total. The molecule has 5 heteroatoms. The first kappa shape index (κ1) is 11.3. The van der Waals surface area contributed by atoms with Crippen molar-refractivity contribution in [3.63, 3.8) is 0 Å². The summed E-state index contributed by atoms with van der Waals surface area (Å²) in [5.41, 5.74) is 0.679. The number of hydrogen-bond donors (Lipinski definition) is 1. The van der Waals surface area contributed by atoms with Crippen molar-refractivity contribution in [2.75, 3.05) is 0 Å². The van der Waals surface area contributed by atoms with E-state index in [0.29, 0.717) is 16.5 Å². The third-order valence-corrected chi connectivity index (χ3v) is 3.30. The number of nitrogens with zero attached hydrogens (tertiary/aromatic N) is 1. The molecule has 0 fully saturated rings. The predicted molar refractivity (Wildman–Crippen MR) is 62.8 cm³/mol. The second-order valence-electron chi connectivity index (χ2n) is 3.48. The fourth-order valence-electron chi connectivity index (χ4n) is 1.69. The molecule has 1 aromatic heterocycles. The van der Waals surface area contributed by atoms with Gasteiger partial charge in [0, 0.05) is 18.5 Å². The zero-order chi connectivity index (χ0) is 11.9. The number of aliphatic hydroxyl groups is 1. The van der Waals surface area contributed by atoms with E-state index >= 15 is 0 Å². The molecule has 0 spiro atoms. The zero-order valence-corrected chi connectivity index (χ0v) is 10.1. The Morgan fingerprint density at radius 3 is 2.81 bits per heavy atom. The highest BCUT2D eigenvalue weighted by atomic mass is 79.9. The highest BCUT2D eigenvalue weighted by Crippen LogP contribution is 2.27. The van der Waals surface area contributed by atoms with E-state index < -0.39 is 5.82 Å². The van der Waals surface area contributed by atoms with Gasteiger partial charge in [0.25, 0.3) is 5.56 Å². The SMILES string of the molecule is Cn1c(=O)cc(CO)c2ccc(F)c(Br)c21. The molecule has 0 radical (unpaired) electrons. The van der Waals surface area contributed by atoms with E-state index in [9.17, 15) is 9.18 Å². The summed E-state index contributed by atoms with van der Waals surface area (Å²) in [6, 6.07) is 4.21. The molecule has 0 atom stereocenters. The van der Waals surface area contributed by atoms with Crippen LogP contribution in [-0.2, 0) is 13.7 Å². The van der Waals surface area contributed by atoms with Crippen LogP contribution in [0.4, 0.5) is 4.39 Å². The molecule has 16 heavy (non-hydrogen) atoms. The van der Waals surface area contributed by atoms with E-state index in [4.69, 9.17) is 5.11 Å². The van der Waals surface area contributed by atoms with Gasteiger partial charge in [-0.05, 0) is 33.6 Å². The Bertz CT molecular complexity index is 621. The van der Waals surface area contributed by atoms with Gasteiger partial charge in [0.05, 0.1) is 16.6 Å². The van der Waals surface area contributed by atoms with Crippen LogP contribution in [0.25, 0.3) is 10.9 Å². The van der Waals surface area contributed by atoms with Gasteiger partial charge in [-0.3, -0.25) is 4.79 Å². The standard InChI is InChI=1S/C11H9BrFNO2/c1-14-9(16)4-6(5-15)7-2-3-8(13)10(12)11(7)14/h2-4,15H,5H2,1H3. The minimum atomic E-state index is -0.433. The van der Waals surface area contributed by atoms with Gasteiger partial charge in [-0.1, -0.05) is 0 Å². The molecule has 0 unspecified atom stereocenters. The van der Waals surface area contributed by atoms with Crippen LogP contribution in [0.2, 0.25) is 0 Å². The molecule has 0 aliphatic rings. The van der Waals surface area contributed by atoms with E-state index in [1.165, 1.54) is 16.7 Å². The van der Waals surface area contributed by atoms with E-state index in [1.807, 2.05) is 0 Å². The minimum Gasteiger partial charge on any atom is -0.392 e. The molecule has 0 bridgehead atoms. The molecule has 84 valence electrons. The molecule has 3 nitrogen and oxygen atoms in total. The fourth-order valence-corrected chi connectivity index (χ4v) is 2.30. The maximum absolute atomic E-state index is 13.4.